The van der Waals surface area contributed by atoms with E-state index in [1.165, 1.54) is 61.0 Å². The molecule has 3 nitrogen and oxygen atoms in total. The Kier molecular flexibility index (Phi) is 5.91. The van der Waals surface area contributed by atoms with Crippen molar-refractivity contribution in [1.29, 1.82) is 0 Å². The Morgan fingerprint density at radius 2 is 0.630 bits per heavy atom. The van der Waals surface area contributed by atoms with E-state index >= 15 is 0 Å². The molecule has 1 aromatic heterocycles. The van der Waals surface area contributed by atoms with Gasteiger partial charge in [-0.25, -0.2) is 15.0 Å². The van der Waals surface area contributed by atoms with Crippen LogP contribution >= 0.6 is 0 Å². The first kappa shape index (κ1) is 29.6. The third-order valence-electron chi connectivity index (χ3n) is 12.3. The molecule has 12 rings (SSSR count). The summed E-state index contributed by atoms with van der Waals surface area (Å²) in [5.74, 6) is 1.99. The molecule has 1 heterocycles. The predicted octanol–water partition coefficient (Wildman–Crippen LogP) is 11.7. The van der Waals surface area contributed by atoms with E-state index in [2.05, 4.69) is 152 Å². The molecule has 250 valence electrons. The zero-order valence-corrected chi connectivity index (χ0v) is 29.2. The smallest absolute Gasteiger partial charge is 0.164 e. The normalized spacial score (nSPS) is 18.1. The summed E-state index contributed by atoms with van der Waals surface area (Å²) in [5, 5.41) is 2.42. The van der Waals surface area contributed by atoms with Crippen LogP contribution in [0.1, 0.15) is 33.4 Å². The first-order valence-electron chi connectivity index (χ1n) is 18.6. The van der Waals surface area contributed by atoms with Crippen LogP contribution < -0.4 is 0 Å². The van der Waals surface area contributed by atoms with Crippen LogP contribution in [0.25, 0.3) is 67.2 Å². The van der Waals surface area contributed by atoms with E-state index in [9.17, 15) is 0 Å². The molecule has 9 aromatic rings. The second-order valence-corrected chi connectivity index (χ2v) is 14.6. The van der Waals surface area contributed by atoms with Gasteiger partial charge in [0.15, 0.2) is 17.5 Å². The van der Waals surface area contributed by atoms with Gasteiger partial charge in [0.2, 0.25) is 0 Å². The number of hydrogen-bond acceptors (Lipinski definition) is 3. The second-order valence-electron chi connectivity index (χ2n) is 14.6. The molecule has 0 unspecified atom stereocenters. The average Bonchev–Trinajstić information content (AvgIpc) is 3.54. The second kappa shape index (κ2) is 10.8. The summed E-state index contributed by atoms with van der Waals surface area (Å²) in [6.45, 7) is 0. The van der Waals surface area contributed by atoms with Crippen molar-refractivity contribution < 1.29 is 0 Å². The third kappa shape index (κ3) is 3.54. The van der Waals surface area contributed by atoms with Crippen LogP contribution in [0.3, 0.4) is 0 Å². The molecule has 3 heteroatoms. The number of nitrogens with zero attached hydrogens (tertiary/aromatic N) is 3. The van der Waals surface area contributed by atoms with E-state index in [1.54, 1.807) is 0 Å². The maximum absolute atomic E-state index is 5.23. The van der Waals surface area contributed by atoms with Gasteiger partial charge in [-0.3, -0.25) is 0 Å². The molecule has 54 heavy (non-hydrogen) atoms. The van der Waals surface area contributed by atoms with Crippen LogP contribution in [0.2, 0.25) is 0 Å². The molecule has 0 bridgehead atoms. The standard InChI is InChI=1S/C51H31N3/c1-3-16-32(17-4-1)47-52-48(33-18-5-2-6-19-33)54-49(53-47)39-30-31-45-46-38(39)24-15-29-44(46)50-40-25-11-7-20-34(40)36-22-9-13-27-42(36)51(45,50)43-28-14-10-23-37(43)35-21-8-12-26-41(35)50/h1-31H. The number of hydrogen-bond donors (Lipinski definition) is 0. The fourth-order valence-electron chi connectivity index (χ4n) is 10.4. The maximum atomic E-state index is 5.23. The minimum atomic E-state index is -0.535. The Balaban J connectivity index is 1.25. The highest BCUT2D eigenvalue weighted by Crippen LogP contribution is 2.74. The van der Waals surface area contributed by atoms with Gasteiger partial charge in [-0.2, -0.15) is 0 Å². The Hall–Kier alpha value is -6.97. The summed E-state index contributed by atoms with van der Waals surface area (Å²) >= 11 is 0. The highest BCUT2D eigenvalue weighted by Gasteiger charge is 2.67. The lowest BCUT2D eigenvalue weighted by Gasteiger charge is -2.56. The lowest BCUT2D eigenvalue weighted by atomic mass is 9.43. The van der Waals surface area contributed by atoms with E-state index in [0.717, 1.165) is 22.1 Å². The third-order valence-corrected chi connectivity index (χ3v) is 12.3. The first-order valence-corrected chi connectivity index (χ1v) is 18.6. The van der Waals surface area contributed by atoms with Gasteiger partial charge in [-0.15, -0.1) is 0 Å². The largest absolute Gasteiger partial charge is 0.208 e. The predicted molar refractivity (Wildman–Crippen MR) is 217 cm³/mol. The SMILES string of the molecule is c1ccc(-c2nc(-c3ccccc3)nc(-c3ccc4c5c(cccc35)C35c6ccccc6-c6ccccc6C43c3ccccc3-c3ccccc35)n2)cc1. The van der Waals surface area contributed by atoms with Gasteiger partial charge in [0, 0.05) is 16.7 Å². The molecule has 0 N–H and O–H groups in total. The molecule has 0 radical (unpaired) electrons. The van der Waals surface area contributed by atoms with Crippen LogP contribution in [0, 0.1) is 0 Å². The molecule has 0 atom stereocenters. The molecule has 0 spiro atoms. The fourth-order valence-corrected chi connectivity index (χ4v) is 10.4. The lowest BCUT2D eigenvalue weighted by molar-refractivity contribution is 0.432. The minimum Gasteiger partial charge on any atom is -0.208 e. The highest BCUT2D eigenvalue weighted by molar-refractivity contribution is 6.09. The Bertz CT molecular complexity index is 2750. The van der Waals surface area contributed by atoms with E-state index in [4.69, 9.17) is 15.0 Å². The van der Waals surface area contributed by atoms with Crippen molar-refractivity contribution in [3.8, 4) is 56.4 Å². The maximum Gasteiger partial charge on any atom is 0.164 e. The van der Waals surface area contributed by atoms with Crippen LogP contribution in [0.5, 0.6) is 0 Å². The van der Waals surface area contributed by atoms with E-state index in [-0.39, 0.29) is 0 Å². The molecule has 3 aliphatic rings. The van der Waals surface area contributed by atoms with E-state index in [0.29, 0.717) is 17.5 Å². The van der Waals surface area contributed by atoms with Crippen molar-refractivity contribution in [1.82, 2.24) is 15.0 Å². The Labute approximate surface area is 313 Å². The van der Waals surface area contributed by atoms with Gasteiger partial charge < -0.3 is 0 Å². The number of rotatable bonds is 3. The Morgan fingerprint density at radius 1 is 0.259 bits per heavy atom. The van der Waals surface area contributed by atoms with E-state index in [1.807, 2.05) is 36.4 Å². The van der Waals surface area contributed by atoms with E-state index < -0.39 is 10.8 Å². The van der Waals surface area contributed by atoms with Crippen molar-refractivity contribution >= 4 is 10.8 Å². The molecule has 0 amide bonds. The molecular weight excluding hydrogens is 655 g/mol. The monoisotopic (exact) mass is 685 g/mol. The number of fused-ring (bicyclic) bond motifs is 6. The first-order chi connectivity index (χ1) is 26.8. The lowest BCUT2D eigenvalue weighted by Crippen LogP contribution is -2.54. The molecule has 0 saturated heterocycles. The molecule has 0 aliphatic heterocycles. The number of aromatic nitrogens is 3. The topological polar surface area (TPSA) is 38.7 Å². The minimum absolute atomic E-state index is 0.535. The molecule has 0 saturated carbocycles. The van der Waals surface area contributed by atoms with Gasteiger partial charge >= 0.3 is 0 Å². The van der Waals surface area contributed by atoms with Crippen LogP contribution in [-0.2, 0) is 10.8 Å². The molecular formula is C51H31N3. The summed E-state index contributed by atoms with van der Waals surface area (Å²) in [6.07, 6.45) is 0. The fraction of sp³-hybridized carbons (Fsp3) is 0.0392. The van der Waals surface area contributed by atoms with Crippen LogP contribution in [0.4, 0.5) is 0 Å². The van der Waals surface area contributed by atoms with Gasteiger partial charge in [0.1, 0.15) is 0 Å². The molecule has 8 aromatic carbocycles. The van der Waals surface area contributed by atoms with Gasteiger partial charge in [0.05, 0.1) is 10.8 Å². The quantitative estimate of drug-likeness (QED) is 0.186. The van der Waals surface area contributed by atoms with Crippen molar-refractivity contribution in [3.05, 3.63) is 221 Å². The molecule has 0 fully saturated rings. The summed E-state index contributed by atoms with van der Waals surface area (Å²) in [7, 11) is 0. The van der Waals surface area contributed by atoms with Crippen molar-refractivity contribution in [2.24, 2.45) is 0 Å². The molecule has 3 aliphatic carbocycles. The van der Waals surface area contributed by atoms with Crippen molar-refractivity contribution in [3.63, 3.8) is 0 Å². The summed E-state index contributed by atoms with van der Waals surface area (Å²) in [6, 6.07) is 68.6. The average molecular weight is 686 g/mol. The summed E-state index contributed by atoms with van der Waals surface area (Å²) < 4.78 is 0. The number of benzene rings is 8. The van der Waals surface area contributed by atoms with Gasteiger partial charge in [0.25, 0.3) is 0 Å². The van der Waals surface area contributed by atoms with Gasteiger partial charge in [-0.1, -0.05) is 188 Å². The highest BCUT2D eigenvalue weighted by atomic mass is 15.0. The summed E-state index contributed by atoms with van der Waals surface area (Å²) in [4.78, 5) is 15.5. The summed E-state index contributed by atoms with van der Waals surface area (Å²) in [5.41, 5.74) is 15.0. The Morgan fingerprint density at radius 3 is 1.09 bits per heavy atom. The zero-order valence-electron chi connectivity index (χ0n) is 29.2. The van der Waals surface area contributed by atoms with Crippen LogP contribution in [0.15, 0.2) is 188 Å². The zero-order chi connectivity index (χ0) is 35.4. The van der Waals surface area contributed by atoms with Crippen molar-refractivity contribution in [2.75, 3.05) is 0 Å². The van der Waals surface area contributed by atoms with Crippen LogP contribution in [-0.4, -0.2) is 15.0 Å². The van der Waals surface area contributed by atoms with Crippen molar-refractivity contribution in [2.45, 2.75) is 10.8 Å². The van der Waals surface area contributed by atoms with Gasteiger partial charge in [-0.05, 0) is 66.4 Å².